The normalized spacial score (nSPS) is 24.7. The topological polar surface area (TPSA) is 177 Å². The summed E-state index contributed by atoms with van der Waals surface area (Å²) in [5, 5.41) is 8.20. The summed E-state index contributed by atoms with van der Waals surface area (Å²) in [6, 6.07) is -4.66. The van der Waals surface area contributed by atoms with Crippen molar-refractivity contribution in [3.63, 3.8) is 0 Å². The lowest BCUT2D eigenvalue weighted by Crippen LogP contribution is -2.62. The number of hydrogen-bond acceptors (Lipinski definition) is 7. The molecule has 242 valence electrons. The first kappa shape index (κ1) is 34.3. The summed E-state index contributed by atoms with van der Waals surface area (Å²) in [6.07, 6.45) is 1.78. The summed E-state index contributed by atoms with van der Waals surface area (Å²) in [5.41, 5.74) is 3.65. The van der Waals surface area contributed by atoms with E-state index in [1.807, 2.05) is 13.8 Å². The molecule has 1 saturated heterocycles. The lowest BCUT2D eigenvalue weighted by atomic mass is 9.85. The van der Waals surface area contributed by atoms with Crippen molar-refractivity contribution in [1.29, 1.82) is 0 Å². The van der Waals surface area contributed by atoms with E-state index in [2.05, 4.69) is 16.0 Å². The number of nitrogens with two attached hydrogens (primary N) is 1. The lowest BCUT2D eigenvalue weighted by molar-refractivity contribution is -0.152. The number of Topliss-reactive ketones (excluding diaryl/α,β-unsaturated/α-hetero) is 1. The average Bonchev–Trinajstić information content (AvgIpc) is 3.70. The molecule has 1 aliphatic heterocycles. The van der Waals surface area contributed by atoms with Crippen LogP contribution in [-0.4, -0.2) is 77.2 Å². The van der Waals surface area contributed by atoms with E-state index in [0.717, 1.165) is 12.8 Å². The molecule has 43 heavy (non-hydrogen) atoms. The van der Waals surface area contributed by atoms with Crippen LogP contribution >= 0.6 is 0 Å². The maximum Gasteiger partial charge on any atom is 0.329 e. The minimum absolute atomic E-state index is 0.0615. The number of ketones is 1. The van der Waals surface area contributed by atoms with Crippen LogP contribution in [-0.2, 0) is 28.7 Å². The van der Waals surface area contributed by atoms with Crippen LogP contribution in [0.15, 0.2) is 0 Å². The van der Waals surface area contributed by atoms with Crippen molar-refractivity contribution in [2.45, 2.75) is 119 Å². The van der Waals surface area contributed by atoms with Gasteiger partial charge in [0.05, 0.1) is 12.1 Å². The molecule has 12 nitrogen and oxygen atoms in total. The largest absolute Gasteiger partial charge is 0.461 e. The number of ether oxygens (including phenoxy) is 1. The van der Waals surface area contributed by atoms with E-state index >= 15 is 0 Å². The molecule has 3 rings (SSSR count). The first-order valence-corrected chi connectivity index (χ1v) is 15.3. The Balaban J connectivity index is 1.83. The van der Waals surface area contributed by atoms with Gasteiger partial charge >= 0.3 is 12.0 Å². The molecule has 6 atom stereocenters. The maximum atomic E-state index is 14.2. The van der Waals surface area contributed by atoms with Gasteiger partial charge in [0.15, 0.2) is 0 Å². The molecule has 3 aliphatic rings. The minimum atomic E-state index is -1.11. The maximum absolute atomic E-state index is 14.2. The van der Waals surface area contributed by atoms with Crippen molar-refractivity contribution in [2.75, 3.05) is 6.54 Å². The smallest absolute Gasteiger partial charge is 0.329 e. The summed E-state index contributed by atoms with van der Waals surface area (Å²) in [5.74, 6) is -3.33. The molecule has 12 heteroatoms. The standard InChI is InChI=1S/C31H51N5O7/c1-15(2)43-27(41)23(30(6,7)8)35-28(42)34-22(29(3,4)5)26(40)36-14-17-19(31(17,9)10)20(36)25(39)33-18(13-16-11-12-16)21(37)24(32)38/h15-20,22-23H,11-14H2,1-10H3,(H2,32,38)(H,33,39)(H2,34,35,42)/t17-,18?,19-,20-,22+,23+/m0/s1. The van der Waals surface area contributed by atoms with Crippen LogP contribution < -0.4 is 21.7 Å². The van der Waals surface area contributed by atoms with Crippen molar-refractivity contribution in [3.8, 4) is 0 Å². The Labute approximate surface area is 255 Å². The molecular formula is C31H51N5O7. The second-order valence-corrected chi connectivity index (χ2v) is 15.6. The second-order valence-electron chi connectivity index (χ2n) is 15.6. The van der Waals surface area contributed by atoms with Crippen LogP contribution in [0.4, 0.5) is 4.79 Å². The van der Waals surface area contributed by atoms with E-state index in [-0.39, 0.29) is 29.3 Å². The SMILES string of the molecule is CC(C)OC(=O)[C@@H](NC(=O)N[C@H](C(=O)N1C[C@H]2[C@@H]([C@H]1C(=O)NC(CC1CC1)C(=O)C(N)=O)C2(C)C)C(C)(C)C)C(C)(C)C. The van der Waals surface area contributed by atoms with Gasteiger partial charge in [-0.2, -0.15) is 0 Å². The van der Waals surface area contributed by atoms with Crippen molar-refractivity contribution in [2.24, 2.45) is 39.7 Å². The fraction of sp³-hybridized carbons (Fsp3) is 0.806. The van der Waals surface area contributed by atoms with E-state index < -0.39 is 70.5 Å². The van der Waals surface area contributed by atoms with Gasteiger partial charge in [-0.1, -0.05) is 68.2 Å². The van der Waals surface area contributed by atoms with Gasteiger partial charge in [-0.15, -0.1) is 0 Å². The molecule has 5 amide bonds. The highest BCUT2D eigenvalue weighted by molar-refractivity contribution is 6.37. The fourth-order valence-electron chi connectivity index (χ4n) is 6.21. The van der Waals surface area contributed by atoms with Crippen molar-refractivity contribution in [3.05, 3.63) is 0 Å². The zero-order valence-corrected chi connectivity index (χ0v) is 27.3. The monoisotopic (exact) mass is 605 g/mol. The van der Waals surface area contributed by atoms with Gasteiger partial charge in [-0.05, 0) is 54.3 Å². The number of urea groups is 1. The van der Waals surface area contributed by atoms with Gasteiger partial charge in [0, 0.05) is 6.54 Å². The third-order valence-electron chi connectivity index (χ3n) is 9.02. The van der Waals surface area contributed by atoms with Crippen LogP contribution in [0.1, 0.15) is 88.5 Å². The number of nitrogens with zero attached hydrogens (tertiary/aromatic N) is 1. The first-order valence-electron chi connectivity index (χ1n) is 15.3. The van der Waals surface area contributed by atoms with Gasteiger partial charge in [-0.3, -0.25) is 19.2 Å². The number of amides is 5. The molecule has 5 N–H and O–H groups in total. The summed E-state index contributed by atoms with van der Waals surface area (Å²) < 4.78 is 5.35. The number of esters is 1. The highest BCUT2D eigenvalue weighted by Gasteiger charge is 2.70. The van der Waals surface area contributed by atoms with E-state index in [0.29, 0.717) is 13.0 Å². The number of fused-ring (bicyclic) bond motifs is 1. The number of likely N-dealkylation sites (tertiary alicyclic amines) is 1. The molecule has 2 saturated carbocycles. The molecule has 0 radical (unpaired) electrons. The number of piperidine rings is 1. The fourth-order valence-corrected chi connectivity index (χ4v) is 6.21. The van der Waals surface area contributed by atoms with Crippen LogP contribution in [0.3, 0.4) is 0 Å². The Kier molecular flexibility index (Phi) is 9.63. The average molecular weight is 606 g/mol. The number of primary amides is 1. The highest BCUT2D eigenvalue weighted by atomic mass is 16.5. The number of nitrogens with one attached hydrogen (secondary N) is 3. The van der Waals surface area contributed by atoms with Crippen molar-refractivity contribution < 1.29 is 33.5 Å². The van der Waals surface area contributed by atoms with E-state index in [1.54, 1.807) is 55.4 Å². The van der Waals surface area contributed by atoms with Gasteiger partial charge < -0.3 is 31.3 Å². The van der Waals surface area contributed by atoms with Crippen molar-refractivity contribution in [1.82, 2.24) is 20.9 Å². The highest BCUT2D eigenvalue weighted by Crippen LogP contribution is 2.65. The molecule has 1 unspecified atom stereocenters. The number of rotatable bonds is 11. The van der Waals surface area contributed by atoms with Crippen LogP contribution in [0, 0.1) is 34.0 Å². The number of hydrogen-bond donors (Lipinski definition) is 4. The summed E-state index contributed by atoms with van der Waals surface area (Å²) in [4.78, 5) is 79.8. The minimum Gasteiger partial charge on any atom is -0.461 e. The molecule has 0 spiro atoms. The zero-order chi connectivity index (χ0) is 32.8. The number of carbonyl (C=O) groups is 6. The Bertz CT molecular complexity index is 1150. The molecule has 2 aliphatic carbocycles. The third-order valence-corrected chi connectivity index (χ3v) is 9.02. The Morgan fingerprint density at radius 2 is 1.44 bits per heavy atom. The van der Waals surface area contributed by atoms with E-state index in [1.165, 1.54) is 4.90 Å². The Hall–Kier alpha value is -3.18. The van der Waals surface area contributed by atoms with E-state index in [4.69, 9.17) is 10.5 Å². The van der Waals surface area contributed by atoms with Crippen LogP contribution in [0.2, 0.25) is 0 Å². The molecule has 1 heterocycles. The molecule has 3 fully saturated rings. The van der Waals surface area contributed by atoms with Gasteiger partial charge in [0.25, 0.3) is 5.91 Å². The summed E-state index contributed by atoms with van der Waals surface area (Å²) in [7, 11) is 0. The van der Waals surface area contributed by atoms with E-state index in [9.17, 15) is 28.8 Å². The Morgan fingerprint density at radius 3 is 1.91 bits per heavy atom. The predicted molar refractivity (Wildman–Crippen MR) is 159 cm³/mol. The van der Waals surface area contributed by atoms with Gasteiger partial charge in [0.2, 0.25) is 17.6 Å². The zero-order valence-electron chi connectivity index (χ0n) is 27.3. The second kappa shape index (κ2) is 12.1. The van der Waals surface area contributed by atoms with Crippen molar-refractivity contribution >= 4 is 35.5 Å². The molecule has 0 bridgehead atoms. The van der Waals surface area contributed by atoms with Gasteiger partial charge in [-0.25, -0.2) is 9.59 Å². The first-order chi connectivity index (χ1) is 19.6. The molecule has 0 aromatic rings. The predicted octanol–water partition coefficient (Wildman–Crippen LogP) is 1.89. The number of carbonyl (C=O) groups excluding carboxylic acids is 6. The third kappa shape index (κ3) is 7.86. The summed E-state index contributed by atoms with van der Waals surface area (Å²) >= 11 is 0. The Morgan fingerprint density at radius 1 is 0.907 bits per heavy atom. The quantitative estimate of drug-likeness (QED) is 0.205. The van der Waals surface area contributed by atoms with Gasteiger partial charge in [0.1, 0.15) is 18.1 Å². The molecule has 0 aromatic heterocycles. The molecule has 0 aromatic carbocycles. The molecular weight excluding hydrogens is 554 g/mol. The lowest BCUT2D eigenvalue weighted by Gasteiger charge is -2.38. The summed E-state index contributed by atoms with van der Waals surface area (Å²) in [6.45, 7) is 18.6. The van der Waals surface area contributed by atoms with Crippen LogP contribution in [0.25, 0.3) is 0 Å². The van der Waals surface area contributed by atoms with Crippen LogP contribution in [0.5, 0.6) is 0 Å².